The summed E-state index contributed by atoms with van der Waals surface area (Å²) in [5.41, 5.74) is 2.14. The fourth-order valence-corrected chi connectivity index (χ4v) is 3.00. The number of hydrogen-bond acceptors (Lipinski definition) is 2. The molecule has 0 saturated heterocycles. The van der Waals surface area contributed by atoms with Gasteiger partial charge in [0.2, 0.25) is 0 Å². The van der Waals surface area contributed by atoms with Gasteiger partial charge in [0.25, 0.3) is 0 Å². The second kappa shape index (κ2) is 4.44. The lowest BCUT2D eigenvalue weighted by Gasteiger charge is -2.41. The third-order valence-corrected chi connectivity index (χ3v) is 4.55. The quantitative estimate of drug-likeness (QED) is 0.771. The number of hydrogen-bond donors (Lipinski definition) is 2. The average molecular weight is 268 g/mol. The molecule has 104 valence electrons. The van der Waals surface area contributed by atoms with Gasteiger partial charge in [-0.05, 0) is 36.1 Å². The molecule has 0 bridgehead atoms. The Morgan fingerprint density at radius 1 is 0.700 bits per heavy atom. The molecule has 2 atom stereocenters. The van der Waals surface area contributed by atoms with E-state index in [1.54, 1.807) is 13.8 Å². The first kappa shape index (κ1) is 13.3. The lowest BCUT2D eigenvalue weighted by molar-refractivity contribution is -0.129. The van der Waals surface area contributed by atoms with Crippen LogP contribution >= 0.6 is 0 Å². The summed E-state index contributed by atoms with van der Waals surface area (Å²) >= 11 is 0. The van der Waals surface area contributed by atoms with Gasteiger partial charge in [-0.15, -0.1) is 0 Å². The highest BCUT2D eigenvalue weighted by Gasteiger charge is 2.43. The van der Waals surface area contributed by atoms with Crippen molar-refractivity contribution in [2.75, 3.05) is 0 Å². The molecule has 1 aliphatic carbocycles. The van der Waals surface area contributed by atoms with Gasteiger partial charge in [0.1, 0.15) is 0 Å². The van der Waals surface area contributed by atoms with E-state index in [-0.39, 0.29) is 0 Å². The van der Waals surface area contributed by atoms with Crippen LogP contribution in [0.25, 0.3) is 11.1 Å². The molecule has 0 aliphatic heterocycles. The zero-order chi connectivity index (χ0) is 14.4. The van der Waals surface area contributed by atoms with Crippen LogP contribution in [-0.2, 0) is 12.8 Å². The van der Waals surface area contributed by atoms with E-state index in [1.165, 1.54) is 0 Å². The van der Waals surface area contributed by atoms with Crippen molar-refractivity contribution in [3.05, 3.63) is 59.7 Å². The summed E-state index contributed by atoms with van der Waals surface area (Å²) in [6, 6.07) is 16.2. The van der Waals surface area contributed by atoms with Crippen LogP contribution in [0.1, 0.15) is 25.0 Å². The summed E-state index contributed by atoms with van der Waals surface area (Å²) in [7, 11) is 0. The van der Waals surface area contributed by atoms with E-state index in [0.29, 0.717) is 12.8 Å². The molecule has 2 N–H and O–H groups in total. The Morgan fingerprint density at radius 3 is 1.45 bits per heavy atom. The third kappa shape index (κ3) is 2.05. The van der Waals surface area contributed by atoms with E-state index in [2.05, 4.69) is 12.1 Å². The fourth-order valence-electron chi connectivity index (χ4n) is 3.00. The Hall–Kier alpha value is -1.64. The second-order valence-corrected chi connectivity index (χ2v) is 6.22. The lowest BCUT2D eigenvalue weighted by atomic mass is 9.73. The van der Waals surface area contributed by atoms with Gasteiger partial charge in [-0.25, -0.2) is 0 Å². The van der Waals surface area contributed by atoms with E-state index in [0.717, 1.165) is 22.3 Å². The first-order valence-corrected chi connectivity index (χ1v) is 7.02. The maximum atomic E-state index is 10.7. The fraction of sp³-hybridized carbons (Fsp3) is 0.333. The molecule has 2 aromatic carbocycles. The highest BCUT2D eigenvalue weighted by molar-refractivity contribution is 5.71. The van der Waals surface area contributed by atoms with Gasteiger partial charge in [0, 0.05) is 12.8 Å². The zero-order valence-corrected chi connectivity index (χ0v) is 11.9. The van der Waals surface area contributed by atoms with E-state index in [4.69, 9.17) is 0 Å². The molecule has 0 saturated carbocycles. The van der Waals surface area contributed by atoms with Crippen molar-refractivity contribution < 1.29 is 10.2 Å². The molecule has 3 rings (SSSR count). The van der Waals surface area contributed by atoms with Gasteiger partial charge < -0.3 is 10.2 Å². The van der Waals surface area contributed by atoms with Crippen LogP contribution in [0.4, 0.5) is 0 Å². The molecule has 0 amide bonds. The number of benzene rings is 2. The monoisotopic (exact) mass is 268 g/mol. The van der Waals surface area contributed by atoms with Crippen LogP contribution in [0.5, 0.6) is 0 Å². The number of aliphatic hydroxyl groups is 2. The Kier molecular flexibility index (Phi) is 2.96. The van der Waals surface area contributed by atoms with Crippen molar-refractivity contribution in [3.8, 4) is 11.1 Å². The van der Waals surface area contributed by atoms with Crippen LogP contribution in [-0.4, -0.2) is 21.4 Å². The maximum Gasteiger partial charge on any atom is 0.0946 e. The number of fused-ring (bicyclic) bond motifs is 3. The molecule has 0 fully saturated rings. The molecule has 0 spiro atoms. The van der Waals surface area contributed by atoms with E-state index in [9.17, 15) is 10.2 Å². The molecule has 0 aromatic heterocycles. The average Bonchev–Trinajstić information content (AvgIpc) is 2.38. The van der Waals surface area contributed by atoms with Crippen molar-refractivity contribution in [1.82, 2.24) is 0 Å². The summed E-state index contributed by atoms with van der Waals surface area (Å²) in [5.74, 6) is 0. The Labute approximate surface area is 119 Å². The largest absolute Gasteiger partial charge is 0.387 e. The van der Waals surface area contributed by atoms with Gasteiger partial charge in [0.05, 0.1) is 11.2 Å². The van der Waals surface area contributed by atoms with Crippen molar-refractivity contribution in [2.45, 2.75) is 37.9 Å². The van der Waals surface area contributed by atoms with E-state index >= 15 is 0 Å². The van der Waals surface area contributed by atoms with Gasteiger partial charge in [-0.3, -0.25) is 0 Å². The van der Waals surface area contributed by atoms with Gasteiger partial charge in [-0.1, -0.05) is 48.5 Å². The van der Waals surface area contributed by atoms with Crippen LogP contribution < -0.4 is 0 Å². The minimum Gasteiger partial charge on any atom is -0.387 e. The predicted octanol–water partition coefficient (Wildman–Crippen LogP) is 2.95. The molecule has 2 heteroatoms. The molecule has 0 unspecified atom stereocenters. The van der Waals surface area contributed by atoms with Crippen molar-refractivity contribution >= 4 is 0 Å². The smallest absolute Gasteiger partial charge is 0.0946 e. The third-order valence-electron chi connectivity index (χ3n) is 4.55. The first-order chi connectivity index (χ1) is 9.41. The van der Waals surface area contributed by atoms with Crippen molar-refractivity contribution in [2.24, 2.45) is 0 Å². The standard InChI is InChI=1S/C18H20O2/c1-17(19)11-13-7-3-5-9-15(13)16-10-6-4-8-14(16)12-18(17,2)20/h3-10,19-20H,11-12H2,1-2H3/t17-,18+. The molecule has 2 nitrogen and oxygen atoms in total. The predicted molar refractivity (Wildman–Crippen MR) is 80.5 cm³/mol. The van der Waals surface area contributed by atoms with E-state index < -0.39 is 11.2 Å². The topological polar surface area (TPSA) is 40.5 Å². The highest BCUT2D eigenvalue weighted by atomic mass is 16.4. The second-order valence-electron chi connectivity index (χ2n) is 6.22. The van der Waals surface area contributed by atoms with Crippen LogP contribution in [0.15, 0.2) is 48.5 Å². The summed E-state index contributed by atoms with van der Waals surface area (Å²) in [6.45, 7) is 3.44. The highest BCUT2D eigenvalue weighted by Crippen LogP contribution is 2.38. The molecular weight excluding hydrogens is 248 g/mol. The minimum absolute atomic E-state index is 0.449. The summed E-state index contributed by atoms with van der Waals surface area (Å²) in [5, 5.41) is 21.5. The van der Waals surface area contributed by atoms with Crippen LogP contribution in [0.3, 0.4) is 0 Å². The minimum atomic E-state index is -1.16. The van der Waals surface area contributed by atoms with E-state index in [1.807, 2.05) is 36.4 Å². The zero-order valence-electron chi connectivity index (χ0n) is 11.9. The Bertz CT molecular complexity index is 584. The lowest BCUT2D eigenvalue weighted by Crippen LogP contribution is -2.53. The molecule has 0 heterocycles. The Balaban J connectivity index is 2.27. The molecule has 0 radical (unpaired) electrons. The van der Waals surface area contributed by atoms with Crippen molar-refractivity contribution in [1.29, 1.82) is 0 Å². The van der Waals surface area contributed by atoms with Crippen LogP contribution in [0, 0.1) is 0 Å². The summed E-state index contributed by atoms with van der Waals surface area (Å²) in [6.07, 6.45) is 0.898. The maximum absolute atomic E-state index is 10.7. The van der Waals surface area contributed by atoms with Gasteiger partial charge in [-0.2, -0.15) is 0 Å². The molecule has 20 heavy (non-hydrogen) atoms. The number of rotatable bonds is 0. The first-order valence-electron chi connectivity index (χ1n) is 7.02. The normalized spacial score (nSPS) is 29.0. The molecule has 1 aliphatic rings. The van der Waals surface area contributed by atoms with Crippen LogP contribution in [0.2, 0.25) is 0 Å². The van der Waals surface area contributed by atoms with Gasteiger partial charge in [0.15, 0.2) is 0 Å². The van der Waals surface area contributed by atoms with Crippen molar-refractivity contribution in [3.63, 3.8) is 0 Å². The molecular formula is C18H20O2. The SMILES string of the molecule is C[C@]1(O)Cc2ccccc2-c2ccccc2C[C@@]1(C)O. The summed E-state index contributed by atoms with van der Waals surface area (Å²) < 4.78 is 0. The Morgan fingerprint density at radius 2 is 1.05 bits per heavy atom. The molecule has 2 aromatic rings. The summed E-state index contributed by atoms with van der Waals surface area (Å²) in [4.78, 5) is 0. The van der Waals surface area contributed by atoms with Gasteiger partial charge >= 0.3 is 0 Å².